The molecule has 98 valence electrons. The predicted octanol–water partition coefficient (Wildman–Crippen LogP) is -0.0457. The molecular weight excluding hydrogens is 218 g/mol. The molecule has 0 aliphatic heterocycles. The molecule has 1 aliphatic rings. The number of carbonyl (C=O) groups is 2. The van der Waals surface area contributed by atoms with Crippen LogP contribution in [0.4, 0.5) is 0 Å². The molecule has 0 saturated heterocycles. The zero-order valence-corrected chi connectivity index (χ0v) is 10.9. The van der Waals surface area contributed by atoms with Crippen LogP contribution in [-0.4, -0.2) is 43.4 Å². The van der Waals surface area contributed by atoms with Crippen molar-refractivity contribution in [2.24, 2.45) is 17.6 Å². The normalized spacial score (nSPS) is 25.4. The van der Waals surface area contributed by atoms with E-state index in [0.29, 0.717) is 6.54 Å². The lowest BCUT2D eigenvalue weighted by molar-refractivity contribution is -0.135. The van der Waals surface area contributed by atoms with Crippen molar-refractivity contribution in [3.63, 3.8) is 0 Å². The summed E-state index contributed by atoms with van der Waals surface area (Å²) in [5.74, 6) is -0.213. The minimum atomic E-state index is -0.188. The second-order valence-corrected chi connectivity index (χ2v) is 4.94. The van der Waals surface area contributed by atoms with E-state index >= 15 is 0 Å². The molecule has 0 aromatic carbocycles. The van der Waals surface area contributed by atoms with Gasteiger partial charge in [-0.25, -0.2) is 0 Å². The average molecular weight is 241 g/mol. The first kappa shape index (κ1) is 14.0. The molecule has 0 aromatic rings. The number of nitrogens with two attached hydrogens (primary N) is 1. The molecule has 3 unspecified atom stereocenters. The summed E-state index contributed by atoms with van der Waals surface area (Å²) in [7, 11) is 3.35. The fourth-order valence-electron chi connectivity index (χ4n) is 2.41. The summed E-state index contributed by atoms with van der Waals surface area (Å²) in [6.07, 6.45) is 2.82. The summed E-state index contributed by atoms with van der Waals surface area (Å²) < 4.78 is 0. The fourth-order valence-corrected chi connectivity index (χ4v) is 2.41. The molecule has 0 bridgehead atoms. The number of amides is 2. The van der Waals surface area contributed by atoms with Crippen molar-refractivity contribution in [3.8, 4) is 0 Å². The second-order valence-electron chi connectivity index (χ2n) is 4.94. The van der Waals surface area contributed by atoms with Gasteiger partial charge in [0.1, 0.15) is 0 Å². The van der Waals surface area contributed by atoms with E-state index in [4.69, 9.17) is 5.73 Å². The van der Waals surface area contributed by atoms with Crippen LogP contribution in [0.2, 0.25) is 0 Å². The van der Waals surface area contributed by atoms with Gasteiger partial charge in [0.2, 0.25) is 11.8 Å². The van der Waals surface area contributed by atoms with E-state index in [0.717, 1.165) is 19.3 Å². The van der Waals surface area contributed by atoms with Gasteiger partial charge in [0, 0.05) is 26.7 Å². The topological polar surface area (TPSA) is 75.4 Å². The van der Waals surface area contributed by atoms with Gasteiger partial charge in [-0.2, -0.15) is 0 Å². The highest BCUT2D eigenvalue weighted by atomic mass is 16.2. The lowest BCUT2D eigenvalue weighted by Gasteiger charge is -2.25. The molecule has 1 saturated carbocycles. The highest BCUT2D eigenvalue weighted by molar-refractivity contribution is 5.82. The molecule has 0 radical (unpaired) electrons. The van der Waals surface area contributed by atoms with Crippen LogP contribution in [0.15, 0.2) is 0 Å². The van der Waals surface area contributed by atoms with E-state index in [1.165, 1.54) is 0 Å². The van der Waals surface area contributed by atoms with Crippen LogP contribution in [-0.2, 0) is 9.59 Å². The highest BCUT2D eigenvalue weighted by Crippen LogP contribution is 2.25. The van der Waals surface area contributed by atoms with E-state index in [2.05, 4.69) is 5.32 Å². The molecule has 1 rings (SSSR count). The summed E-state index contributed by atoms with van der Waals surface area (Å²) in [5, 5.41) is 2.59. The summed E-state index contributed by atoms with van der Waals surface area (Å²) in [4.78, 5) is 25.1. The number of carbonyl (C=O) groups excluding carboxylic acids is 2. The zero-order valence-electron chi connectivity index (χ0n) is 10.9. The third kappa shape index (κ3) is 3.43. The van der Waals surface area contributed by atoms with E-state index in [-0.39, 0.29) is 29.7 Å². The Hall–Kier alpha value is -1.10. The van der Waals surface area contributed by atoms with Gasteiger partial charge in [-0.15, -0.1) is 0 Å². The molecule has 5 heteroatoms. The minimum absolute atomic E-state index is 0.0137. The maximum absolute atomic E-state index is 12.1. The highest BCUT2D eigenvalue weighted by Gasteiger charge is 2.32. The quantitative estimate of drug-likeness (QED) is 0.725. The lowest BCUT2D eigenvalue weighted by atomic mass is 10.0. The van der Waals surface area contributed by atoms with Crippen LogP contribution in [0.1, 0.15) is 26.2 Å². The molecule has 3 N–H and O–H groups in total. The molecule has 1 aliphatic carbocycles. The Morgan fingerprint density at radius 1 is 1.47 bits per heavy atom. The summed E-state index contributed by atoms with van der Waals surface area (Å²) in [6.45, 7) is 2.26. The first-order chi connectivity index (χ1) is 7.97. The molecule has 2 amide bonds. The monoisotopic (exact) mass is 241 g/mol. The van der Waals surface area contributed by atoms with E-state index in [1.807, 2.05) is 6.92 Å². The van der Waals surface area contributed by atoms with Crippen molar-refractivity contribution in [3.05, 3.63) is 0 Å². The van der Waals surface area contributed by atoms with Crippen molar-refractivity contribution in [2.45, 2.75) is 32.2 Å². The van der Waals surface area contributed by atoms with Crippen LogP contribution in [0.5, 0.6) is 0 Å². The van der Waals surface area contributed by atoms with Gasteiger partial charge in [-0.1, -0.05) is 13.3 Å². The fraction of sp³-hybridized carbons (Fsp3) is 0.833. The molecule has 0 aromatic heterocycles. The van der Waals surface area contributed by atoms with Crippen LogP contribution in [0, 0.1) is 11.8 Å². The van der Waals surface area contributed by atoms with Crippen molar-refractivity contribution < 1.29 is 9.59 Å². The van der Waals surface area contributed by atoms with E-state index < -0.39 is 0 Å². The molecule has 3 atom stereocenters. The largest absolute Gasteiger partial charge is 0.359 e. The summed E-state index contributed by atoms with van der Waals surface area (Å²) in [5.41, 5.74) is 5.91. The third-order valence-corrected chi connectivity index (χ3v) is 3.50. The summed E-state index contributed by atoms with van der Waals surface area (Å²) in [6, 6.07) is -0.0137. The molecule has 1 fully saturated rings. The van der Waals surface area contributed by atoms with Gasteiger partial charge in [0.25, 0.3) is 0 Å². The van der Waals surface area contributed by atoms with Gasteiger partial charge in [-0.3, -0.25) is 9.59 Å². The number of nitrogens with one attached hydrogen (secondary N) is 1. The smallest absolute Gasteiger partial charge is 0.227 e. The number of hydrogen-bond donors (Lipinski definition) is 2. The van der Waals surface area contributed by atoms with Crippen molar-refractivity contribution in [1.29, 1.82) is 0 Å². The Morgan fingerprint density at radius 2 is 2.12 bits per heavy atom. The molecule has 17 heavy (non-hydrogen) atoms. The van der Waals surface area contributed by atoms with Gasteiger partial charge >= 0.3 is 0 Å². The molecule has 0 spiro atoms. The maximum atomic E-state index is 12.1. The van der Waals surface area contributed by atoms with Gasteiger partial charge in [0.15, 0.2) is 0 Å². The number of hydrogen-bond acceptors (Lipinski definition) is 3. The Bertz CT molecular complexity index is 293. The SMILES string of the molecule is CNC(=O)C(C)CN(C)C(=O)C1CCCC1N. The molecule has 0 heterocycles. The lowest BCUT2D eigenvalue weighted by Crippen LogP contribution is -2.43. The third-order valence-electron chi connectivity index (χ3n) is 3.50. The molecule has 5 nitrogen and oxygen atoms in total. The van der Waals surface area contributed by atoms with E-state index in [1.54, 1.807) is 19.0 Å². The maximum Gasteiger partial charge on any atom is 0.227 e. The average Bonchev–Trinajstić information content (AvgIpc) is 2.73. The van der Waals surface area contributed by atoms with Crippen molar-refractivity contribution in [2.75, 3.05) is 20.6 Å². The number of nitrogens with zero attached hydrogens (tertiary/aromatic N) is 1. The van der Waals surface area contributed by atoms with Crippen LogP contribution < -0.4 is 11.1 Å². The van der Waals surface area contributed by atoms with E-state index in [9.17, 15) is 9.59 Å². The predicted molar refractivity (Wildman–Crippen MR) is 66.2 cm³/mol. The molecular formula is C12H23N3O2. The van der Waals surface area contributed by atoms with Gasteiger partial charge in [0.05, 0.1) is 11.8 Å². The number of rotatable bonds is 4. The Morgan fingerprint density at radius 3 is 2.59 bits per heavy atom. The summed E-state index contributed by atoms with van der Waals surface area (Å²) >= 11 is 0. The van der Waals surface area contributed by atoms with Crippen LogP contribution in [0.3, 0.4) is 0 Å². The Labute approximate surface area is 103 Å². The standard InChI is InChI=1S/C12H23N3O2/c1-8(11(16)14-2)7-15(3)12(17)9-5-4-6-10(9)13/h8-10H,4-7,13H2,1-3H3,(H,14,16). The van der Waals surface area contributed by atoms with Crippen molar-refractivity contribution in [1.82, 2.24) is 10.2 Å². The zero-order chi connectivity index (χ0) is 13.0. The second kappa shape index (κ2) is 6.00. The first-order valence-electron chi connectivity index (χ1n) is 6.19. The Kier molecular flexibility index (Phi) is 4.93. The van der Waals surface area contributed by atoms with Gasteiger partial charge in [-0.05, 0) is 12.8 Å². The minimum Gasteiger partial charge on any atom is -0.359 e. The van der Waals surface area contributed by atoms with Gasteiger partial charge < -0.3 is 16.0 Å². The Balaban J connectivity index is 2.49. The van der Waals surface area contributed by atoms with Crippen molar-refractivity contribution >= 4 is 11.8 Å². The first-order valence-corrected chi connectivity index (χ1v) is 6.19. The van der Waals surface area contributed by atoms with Crippen LogP contribution in [0.25, 0.3) is 0 Å². The van der Waals surface area contributed by atoms with Crippen LogP contribution >= 0.6 is 0 Å².